The first-order valence-corrected chi connectivity index (χ1v) is 9.79. The van der Waals surface area contributed by atoms with Crippen molar-refractivity contribution in [1.82, 2.24) is 5.32 Å². The first-order chi connectivity index (χ1) is 10.3. The second-order valence-electron chi connectivity index (χ2n) is 5.97. The molecule has 0 fully saturated rings. The maximum atomic E-state index is 5.48. The first kappa shape index (κ1) is 21.2. The van der Waals surface area contributed by atoms with Crippen LogP contribution in [0.25, 0.3) is 0 Å². The molecular formula is C17H36N2S2. The molecule has 0 heterocycles. The number of thiocarbonyl (C=S) groups is 1. The van der Waals surface area contributed by atoms with Gasteiger partial charge in [0.1, 0.15) is 4.32 Å². The second-order valence-corrected chi connectivity index (χ2v) is 7.13. The molecule has 0 aromatic rings. The minimum absolute atomic E-state index is 0.620. The molecule has 126 valence electrons. The fraction of sp³-hybridized carbons (Fsp3) is 0.941. The Morgan fingerprint density at radius 3 is 1.33 bits per heavy atom. The largest absolute Gasteiger partial charge is 0.371 e. The quantitative estimate of drug-likeness (QED) is 0.206. The summed E-state index contributed by atoms with van der Waals surface area (Å²) in [4.78, 5) is 0. The average Bonchev–Trinajstić information content (AvgIpc) is 2.46. The van der Waals surface area contributed by atoms with Crippen LogP contribution in [0.2, 0.25) is 0 Å². The van der Waals surface area contributed by atoms with Crippen LogP contribution in [0, 0.1) is 0 Å². The van der Waals surface area contributed by atoms with Gasteiger partial charge in [-0.1, -0.05) is 89.3 Å². The van der Waals surface area contributed by atoms with Crippen molar-refractivity contribution in [2.24, 2.45) is 5.73 Å². The molecular weight excluding hydrogens is 296 g/mol. The Labute approximate surface area is 143 Å². The highest BCUT2D eigenvalue weighted by molar-refractivity contribution is 8.11. The van der Waals surface area contributed by atoms with Gasteiger partial charge in [0.15, 0.2) is 0 Å². The number of nitrogens with two attached hydrogens (primary N) is 1. The van der Waals surface area contributed by atoms with Gasteiger partial charge in [0.25, 0.3) is 0 Å². The van der Waals surface area contributed by atoms with Gasteiger partial charge in [0.2, 0.25) is 0 Å². The molecule has 0 aliphatic carbocycles. The van der Waals surface area contributed by atoms with E-state index in [1.54, 1.807) is 0 Å². The lowest BCUT2D eigenvalue weighted by Gasteiger charge is -2.04. The van der Waals surface area contributed by atoms with Crippen LogP contribution in [0.15, 0.2) is 0 Å². The summed E-state index contributed by atoms with van der Waals surface area (Å²) in [5.74, 6) is 0. The molecule has 0 aliphatic rings. The summed E-state index contributed by atoms with van der Waals surface area (Å²) in [6.07, 6.45) is 19.1. The Morgan fingerprint density at radius 1 is 0.667 bits per heavy atom. The number of rotatable bonds is 16. The van der Waals surface area contributed by atoms with Crippen LogP contribution in [0.4, 0.5) is 0 Å². The summed E-state index contributed by atoms with van der Waals surface area (Å²) < 4.78 is 0.620. The molecule has 0 saturated carbocycles. The van der Waals surface area contributed by atoms with Crippen molar-refractivity contribution in [2.45, 2.75) is 89.9 Å². The molecule has 0 unspecified atom stereocenters. The number of hydrogen-bond acceptors (Lipinski definition) is 2. The molecule has 0 bridgehead atoms. The maximum Gasteiger partial charge on any atom is 0.130 e. The van der Waals surface area contributed by atoms with Crippen molar-refractivity contribution < 1.29 is 0 Å². The Bertz CT molecular complexity index is 223. The van der Waals surface area contributed by atoms with Crippen molar-refractivity contribution >= 4 is 29.2 Å². The maximum absolute atomic E-state index is 5.48. The summed E-state index contributed by atoms with van der Waals surface area (Å²) in [6, 6.07) is 0. The summed E-state index contributed by atoms with van der Waals surface area (Å²) in [7, 11) is 0. The molecule has 4 heteroatoms. The van der Waals surface area contributed by atoms with Crippen molar-refractivity contribution in [3.63, 3.8) is 0 Å². The standard InChI is InChI=1S/C17H36N2S2/c18-15-13-11-9-7-5-3-1-2-4-6-8-10-12-14-16-19-17(20)21/h1-16,18H2,(H2,19,20,21). The molecule has 0 radical (unpaired) electrons. The molecule has 0 saturated heterocycles. The van der Waals surface area contributed by atoms with E-state index in [0.717, 1.165) is 13.1 Å². The molecule has 0 aromatic heterocycles. The van der Waals surface area contributed by atoms with Crippen LogP contribution in [-0.2, 0) is 0 Å². The summed E-state index contributed by atoms with van der Waals surface area (Å²) >= 11 is 8.89. The lowest BCUT2D eigenvalue weighted by Crippen LogP contribution is -2.17. The number of unbranched alkanes of at least 4 members (excludes halogenated alkanes) is 13. The third-order valence-electron chi connectivity index (χ3n) is 3.91. The Morgan fingerprint density at radius 2 is 1.00 bits per heavy atom. The number of thiol groups is 1. The van der Waals surface area contributed by atoms with Gasteiger partial charge in [-0.2, -0.15) is 0 Å². The van der Waals surface area contributed by atoms with Gasteiger partial charge in [0, 0.05) is 6.54 Å². The topological polar surface area (TPSA) is 38.0 Å². The fourth-order valence-corrected chi connectivity index (χ4v) is 2.80. The first-order valence-electron chi connectivity index (χ1n) is 8.94. The molecule has 0 atom stereocenters. The van der Waals surface area contributed by atoms with E-state index < -0.39 is 0 Å². The highest BCUT2D eigenvalue weighted by Gasteiger charge is 1.94. The lowest BCUT2D eigenvalue weighted by atomic mass is 10.0. The summed E-state index contributed by atoms with van der Waals surface area (Å²) in [5.41, 5.74) is 5.48. The lowest BCUT2D eigenvalue weighted by molar-refractivity contribution is 0.533. The molecule has 0 aromatic carbocycles. The predicted octanol–water partition coefficient (Wildman–Crippen LogP) is 5.21. The van der Waals surface area contributed by atoms with Crippen molar-refractivity contribution in [1.29, 1.82) is 0 Å². The monoisotopic (exact) mass is 332 g/mol. The zero-order valence-electron chi connectivity index (χ0n) is 13.7. The highest BCUT2D eigenvalue weighted by Crippen LogP contribution is 2.12. The van der Waals surface area contributed by atoms with Gasteiger partial charge in [-0.15, -0.1) is 12.6 Å². The van der Waals surface area contributed by atoms with E-state index in [4.69, 9.17) is 18.0 Å². The molecule has 0 spiro atoms. The van der Waals surface area contributed by atoms with Crippen molar-refractivity contribution in [3.8, 4) is 0 Å². The minimum Gasteiger partial charge on any atom is -0.371 e. The molecule has 0 rings (SSSR count). The summed E-state index contributed by atoms with van der Waals surface area (Å²) in [5, 5.41) is 3.08. The smallest absolute Gasteiger partial charge is 0.130 e. The Kier molecular flexibility index (Phi) is 18.4. The van der Waals surface area contributed by atoms with Gasteiger partial charge in [-0.25, -0.2) is 0 Å². The van der Waals surface area contributed by atoms with Gasteiger partial charge in [-0.05, 0) is 19.4 Å². The van der Waals surface area contributed by atoms with Crippen LogP contribution < -0.4 is 11.1 Å². The van der Waals surface area contributed by atoms with E-state index in [1.165, 1.54) is 89.9 Å². The SMILES string of the molecule is NCCCCCCCCCCCCCCCCNC(=S)S. The highest BCUT2D eigenvalue weighted by atomic mass is 32.1. The third kappa shape index (κ3) is 20.2. The molecule has 3 N–H and O–H groups in total. The molecule has 0 amide bonds. The van der Waals surface area contributed by atoms with E-state index in [0.29, 0.717) is 4.32 Å². The Hall–Kier alpha value is 0.200. The molecule has 2 nitrogen and oxygen atoms in total. The predicted molar refractivity (Wildman–Crippen MR) is 103 cm³/mol. The average molecular weight is 333 g/mol. The van der Waals surface area contributed by atoms with E-state index in [9.17, 15) is 0 Å². The van der Waals surface area contributed by atoms with E-state index >= 15 is 0 Å². The van der Waals surface area contributed by atoms with E-state index in [2.05, 4.69) is 17.9 Å². The van der Waals surface area contributed by atoms with E-state index in [1.807, 2.05) is 0 Å². The second kappa shape index (κ2) is 18.2. The van der Waals surface area contributed by atoms with Crippen LogP contribution in [0.5, 0.6) is 0 Å². The van der Waals surface area contributed by atoms with Crippen LogP contribution in [-0.4, -0.2) is 17.4 Å². The van der Waals surface area contributed by atoms with Gasteiger partial charge in [-0.3, -0.25) is 0 Å². The van der Waals surface area contributed by atoms with E-state index in [-0.39, 0.29) is 0 Å². The van der Waals surface area contributed by atoms with Crippen molar-refractivity contribution in [2.75, 3.05) is 13.1 Å². The zero-order valence-corrected chi connectivity index (χ0v) is 15.5. The van der Waals surface area contributed by atoms with Crippen LogP contribution in [0.1, 0.15) is 89.9 Å². The van der Waals surface area contributed by atoms with Gasteiger partial charge >= 0.3 is 0 Å². The van der Waals surface area contributed by atoms with Crippen LogP contribution >= 0.6 is 24.8 Å². The Balaban J connectivity index is 2.95. The third-order valence-corrected chi connectivity index (χ3v) is 4.21. The molecule has 0 aliphatic heterocycles. The van der Waals surface area contributed by atoms with Crippen LogP contribution in [0.3, 0.4) is 0 Å². The number of hydrogen-bond donors (Lipinski definition) is 3. The normalized spacial score (nSPS) is 10.8. The number of nitrogens with one attached hydrogen (secondary N) is 1. The minimum atomic E-state index is 0.620. The zero-order chi connectivity index (χ0) is 15.6. The van der Waals surface area contributed by atoms with Crippen molar-refractivity contribution in [3.05, 3.63) is 0 Å². The van der Waals surface area contributed by atoms with Gasteiger partial charge < -0.3 is 11.1 Å². The fourth-order valence-electron chi connectivity index (χ4n) is 2.59. The van der Waals surface area contributed by atoms with Gasteiger partial charge in [0.05, 0.1) is 0 Å². The summed E-state index contributed by atoms with van der Waals surface area (Å²) in [6.45, 7) is 1.84. The molecule has 21 heavy (non-hydrogen) atoms.